The molecule has 0 unspecified atom stereocenters. The lowest BCUT2D eigenvalue weighted by Gasteiger charge is -2.26. The number of benzene rings is 1. The van der Waals surface area contributed by atoms with E-state index in [0.29, 0.717) is 5.11 Å². The molecule has 0 spiro atoms. The van der Waals surface area contributed by atoms with Crippen LogP contribution in [-0.2, 0) is 0 Å². The maximum absolute atomic E-state index is 5.75. The van der Waals surface area contributed by atoms with E-state index in [0.717, 1.165) is 17.1 Å². The number of nitrogens with one attached hydrogen (secondary N) is 1. The molecule has 0 radical (unpaired) electrons. The smallest absolute Gasteiger partial charge is 0.174 e. The first-order valence-corrected chi connectivity index (χ1v) is 8.67. The van der Waals surface area contributed by atoms with E-state index in [-0.39, 0.29) is 12.1 Å². The molecule has 1 aliphatic rings. The van der Waals surface area contributed by atoms with Crippen LogP contribution in [0.4, 0.5) is 5.69 Å². The summed E-state index contributed by atoms with van der Waals surface area (Å²) >= 11 is 5.67. The molecule has 0 bridgehead atoms. The van der Waals surface area contributed by atoms with Crippen molar-refractivity contribution in [1.29, 1.82) is 0 Å². The molecule has 2 aromatic heterocycles. The van der Waals surface area contributed by atoms with Crippen molar-refractivity contribution in [3.8, 4) is 0 Å². The highest BCUT2D eigenvalue weighted by Gasteiger charge is 2.42. The molecule has 0 aliphatic carbocycles. The number of aromatic nitrogens is 1. The van der Waals surface area contributed by atoms with Gasteiger partial charge in [0, 0.05) is 11.9 Å². The summed E-state index contributed by atoms with van der Waals surface area (Å²) in [5, 5.41) is 4.11. The van der Waals surface area contributed by atoms with Crippen LogP contribution < -0.4 is 10.2 Å². The van der Waals surface area contributed by atoms with Gasteiger partial charge in [-0.3, -0.25) is 4.98 Å². The molecule has 1 saturated heterocycles. The first-order valence-electron chi connectivity index (χ1n) is 8.26. The van der Waals surface area contributed by atoms with Crippen molar-refractivity contribution in [1.82, 2.24) is 10.3 Å². The van der Waals surface area contributed by atoms with Crippen LogP contribution in [-0.4, -0.2) is 10.1 Å². The van der Waals surface area contributed by atoms with Crippen molar-refractivity contribution in [2.75, 3.05) is 4.90 Å². The van der Waals surface area contributed by atoms with Crippen LogP contribution in [0.1, 0.15) is 34.7 Å². The van der Waals surface area contributed by atoms with Crippen LogP contribution in [0.3, 0.4) is 0 Å². The Hall–Kier alpha value is -2.66. The van der Waals surface area contributed by atoms with Crippen molar-refractivity contribution >= 4 is 23.0 Å². The van der Waals surface area contributed by atoms with Crippen molar-refractivity contribution < 1.29 is 4.42 Å². The van der Waals surface area contributed by atoms with E-state index in [1.54, 1.807) is 12.5 Å². The minimum atomic E-state index is -0.0838. The van der Waals surface area contributed by atoms with E-state index in [1.807, 2.05) is 30.3 Å². The number of hydrogen-bond acceptors (Lipinski definition) is 3. The number of aryl methyl sites for hydroxylation is 2. The SMILES string of the molecule is Cc1ccc(N2C(=S)N[C@H](c3ccccn3)[C@@H]2c2ccco2)cc1C. The van der Waals surface area contributed by atoms with Gasteiger partial charge in [0.15, 0.2) is 5.11 Å². The Bertz CT molecular complexity index is 893. The van der Waals surface area contributed by atoms with Crippen molar-refractivity contribution in [2.45, 2.75) is 25.9 Å². The van der Waals surface area contributed by atoms with E-state index in [4.69, 9.17) is 16.6 Å². The Morgan fingerprint density at radius 2 is 1.96 bits per heavy atom. The Morgan fingerprint density at radius 1 is 1.08 bits per heavy atom. The standard InChI is InChI=1S/C20H19N3OS/c1-13-8-9-15(12-14(13)2)23-19(17-7-5-11-24-17)18(22-20(23)25)16-6-3-4-10-21-16/h3-12,18-19H,1-2H3,(H,22,25)/t18-,19+/m1/s1. The fourth-order valence-electron chi connectivity index (χ4n) is 3.26. The van der Waals surface area contributed by atoms with Gasteiger partial charge in [-0.25, -0.2) is 0 Å². The number of pyridine rings is 1. The quantitative estimate of drug-likeness (QED) is 0.707. The third-order valence-corrected chi connectivity index (χ3v) is 5.02. The summed E-state index contributed by atoms with van der Waals surface area (Å²) in [6, 6.07) is 16.1. The maximum atomic E-state index is 5.75. The lowest BCUT2D eigenvalue weighted by atomic mass is 10.0. The molecule has 126 valence electrons. The highest BCUT2D eigenvalue weighted by atomic mass is 32.1. The van der Waals surface area contributed by atoms with Crippen LogP contribution in [0, 0.1) is 13.8 Å². The number of hydrogen-bond donors (Lipinski definition) is 1. The molecule has 25 heavy (non-hydrogen) atoms. The van der Waals surface area contributed by atoms with Gasteiger partial charge in [0.1, 0.15) is 11.8 Å². The van der Waals surface area contributed by atoms with E-state index in [1.165, 1.54) is 11.1 Å². The molecule has 0 saturated carbocycles. The zero-order chi connectivity index (χ0) is 17.4. The minimum absolute atomic E-state index is 0.0681. The van der Waals surface area contributed by atoms with Gasteiger partial charge in [0.25, 0.3) is 0 Å². The Kier molecular flexibility index (Phi) is 4.01. The van der Waals surface area contributed by atoms with E-state index < -0.39 is 0 Å². The third-order valence-electron chi connectivity index (χ3n) is 4.70. The van der Waals surface area contributed by atoms with E-state index in [2.05, 4.69) is 47.2 Å². The summed E-state index contributed by atoms with van der Waals surface area (Å²) in [4.78, 5) is 6.65. The molecule has 0 amide bonds. The third kappa shape index (κ3) is 2.81. The topological polar surface area (TPSA) is 41.3 Å². The van der Waals surface area contributed by atoms with Gasteiger partial charge in [-0.1, -0.05) is 12.1 Å². The molecule has 3 heterocycles. The summed E-state index contributed by atoms with van der Waals surface area (Å²) < 4.78 is 5.75. The highest BCUT2D eigenvalue weighted by Crippen LogP contribution is 2.41. The monoisotopic (exact) mass is 349 g/mol. The van der Waals surface area contributed by atoms with Crippen LogP contribution in [0.15, 0.2) is 65.4 Å². The van der Waals surface area contributed by atoms with Gasteiger partial charge in [0.2, 0.25) is 0 Å². The predicted molar refractivity (Wildman–Crippen MR) is 103 cm³/mol. The summed E-state index contributed by atoms with van der Waals surface area (Å²) in [6.45, 7) is 4.23. The second kappa shape index (κ2) is 6.33. The van der Waals surface area contributed by atoms with Crippen LogP contribution in [0.5, 0.6) is 0 Å². The molecule has 3 aromatic rings. The van der Waals surface area contributed by atoms with Gasteiger partial charge in [-0.05, 0) is 73.6 Å². The van der Waals surface area contributed by atoms with E-state index >= 15 is 0 Å². The average molecular weight is 349 g/mol. The first kappa shape index (κ1) is 15.8. The predicted octanol–water partition coefficient (Wildman–Crippen LogP) is 4.47. The maximum Gasteiger partial charge on any atom is 0.174 e. The summed E-state index contributed by atoms with van der Waals surface area (Å²) in [5.74, 6) is 0.862. The number of thiocarbonyl (C=S) groups is 1. The molecule has 5 heteroatoms. The molecular weight excluding hydrogens is 330 g/mol. The van der Waals surface area contributed by atoms with Crippen molar-refractivity contribution in [3.05, 3.63) is 83.6 Å². The Balaban J connectivity index is 1.82. The van der Waals surface area contributed by atoms with Crippen LogP contribution in [0.25, 0.3) is 0 Å². The summed E-state index contributed by atoms with van der Waals surface area (Å²) in [7, 11) is 0. The fourth-order valence-corrected chi connectivity index (χ4v) is 3.60. The van der Waals surface area contributed by atoms with Crippen molar-refractivity contribution in [2.24, 2.45) is 0 Å². The van der Waals surface area contributed by atoms with Gasteiger partial charge in [-0.15, -0.1) is 0 Å². The second-order valence-corrected chi connectivity index (χ2v) is 6.67. The molecule has 1 aromatic carbocycles. The molecular formula is C20H19N3OS. The van der Waals surface area contributed by atoms with Crippen molar-refractivity contribution in [3.63, 3.8) is 0 Å². The minimum Gasteiger partial charge on any atom is -0.467 e. The molecule has 4 rings (SSSR count). The summed E-state index contributed by atoms with van der Waals surface area (Å²) in [6.07, 6.45) is 3.50. The largest absolute Gasteiger partial charge is 0.467 e. The zero-order valence-corrected chi connectivity index (χ0v) is 15.0. The number of rotatable bonds is 3. The normalized spacial score (nSPS) is 19.9. The molecule has 4 nitrogen and oxygen atoms in total. The number of anilines is 1. The van der Waals surface area contributed by atoms with Gasteiger partial charge >= 0.3 is 0 Å². The zero-order valence-electron chi connectivity index (χ0n) is 14.1. The lowest BCUT2D eigenvalue weighted by Crippen LogP contribution is -2.29. The van der Waals surface area contributed by atoms with Crippen LogP contribution >= 0.6 is 12.2 Å². The highest BCUT2D eigenvalue weighted by molar-refractivity contribution is 7.80. The number of nitrogens with zero attached hydrogens (tertiary/aromatic N) is 2. The fraction of sp³-hybridized carbons (Fsp3) is 0.200. The Morgan fingerprint density at radius 3 is 2.64 bits per heavy atom. The van der Waals surface area contributed by atoms with Gasteiger partial charge < -0.3 is 14.6 Å². The summed E-state index contributed by atoms with van der Waals surface area (Å²) in [5.41, 5.74) is 4.50. The first-order chi connectivity index (χ1) is 12.1. The van der Waals surface area contributed by atoms with Gasteiger partial charge in [0.05, 0.1) is 18.0 Å². The second-order valence-electron chi connectivity index (χ2n) is 6.28. The van der Waals surface area contributed by atoms with E-state index in [9.17, 15) is 0 Å². The molecule has 2 atom stereocenters. The Labute approximate surface area is 152 Å². The molecule has 1 aliphatic heterocycles. The lowest BCUT2D eigenvalue weighted by molar-refractivity contribution is 0.432. The van der Waals surface area contributed by atoms with Crippen LogP contribution in [0.2, 0.25) is 0 Å². The average Bonchev–Trinajstić information content (AvgIpc) is 3.25. The molecule has 1 fully saturated rings. The van der Waals surface area contributed by atoms with Gasteiger partial charge in [-0.2, -0.15) is 0 Å². The molecule has 1 N–H and O–H groups in total. The number of furan rings is 1.